The van der Waals surface area contributed by atoms with Crippen LogP contribution in [0.5, 0.6) is 0 Å². The molecular formula is C14H29NOS. The second-order valence-corrected chi connectivity index (χ2v) is 6.33. The smallest absolute Gasteiger partial charge is 0.0666 e. The summed E-state index contributed by atoms with van der Waals surface area (Å²) in [5, 5.41) is 3.70. The Kier molecular flexibility index (Phi) is 7.56. The number of thioether (sulfide) groups is 1. The van der Waals surface area contributed by atoms with Gasteiger partial charge in [-0.05, 0) is 57.6 Å². The molecule has 2 nitrogen and oxygen atoms in total. The van der Waals surface area contributed by atoms with Crippen LogP contribution in [0.4, 0.5) is 0 Å². The molecule has 2 atom stereocenters. The van der Waals surface area contributed by atoms with E-state index >= 15 is 0 Å². The standard InChI is InChI=1S/C14H29NOS/c1-4-14(2)12-13(8-10-16-14)15-9-6-5-7-11-17-3/h13,15H,4-12H2,1-3H3. The molecule has 1 N–H and O–H groups in total. The summed E-state index contributed by atoms with van der Waals surface area (Å²) in [6.45, 7) is 6.58. The summed E-state index contributed by atoms with van der Waals surface area (Å²) in [6.07, 6.45) is 9.71. The van der Waals surface area contributed by atoms with Gasteiger partial charge in [0.25, 0.3) is 0 Å². The fourth-order valence-electron chi connectivity index (χ4n) is 2.40. The van der Waals surface area contributed by atoms with Crippen LogP contribution in [0.2, 0.25) is 0 Å². The van der Waals surface area contributed by atoms with Crippen LogP contribution in [0.1, 0.15) is 52.4 Å². The summed E-state index contributed by atoms with van der Waals surface area (Å²) in [6, 6.07) is 0.675. The molecule has 1 rings (SSSR count). The van der Waals surface area contributed by atoms with Gasteiger partial charge in [0, 0.05) is 12.6 Å². The first-order valence-corrected chi connectivity index (χ1v) is 8.46. The summed E-state index contributed by atoms with van der Waals surface area (Å²) >= 11 is 1.95. The van der Waals surface area contributed by atoms with Crippen molar-refractivity contribution in [2.45, 2.75) is 64.0 Å². The van der Waals surface area contributed by atoms with E-state index in [4.69, 9.17) is 4.74 Å². The largest absolute Gasteiger partial charge is 0.375 e. The molecular weight excluding hydrogens is 230 g/mol. The van der Waals surface area contributed by atoms with Crippen molar-refractivity contribution in [3.63, 3.8) is 0 Å². The molecule has 1 heterocycles. The van der Waals surface area contributed by atoms with Crippen LogP contribution in [0.3, 0.4) is 0 Å². The minimum absolute atomic E-state index is 0.120. The second-order valence-electron chi connectivity index (χ2n) is 5.35. The van der Waals surface area contributed by atoms with Crippen molar-refractivity contribution in [2.24, 2.45) is 0 Å². The van der Waals surface area contributed by atoms with E-state index in [1.54, 1.807) is 0 Å². The highest BCUT2D eigenvalue weighted by Crippen LogP contribution is 2.27. The van der Waals surface area contributed by atoms with Crippen LogP contribution in [0, 0.1) is 0 Å². The maximum absolute atomic E-state index is 5.86. The van der Waals surface area contributed by atoms with Gasteiger partial charge in [-0.2, -0.15) is 11.8 Å². The van der Waals surface area contributed by atoms with E-state index in [1.807, 2.05) is 11.8 Å². The molecule has 1 aliphatic heterocycles. The van der Waals surface area contributed by atoms with E-state index in [0.717, 1.165) is 13.0 Å². The first kappa shape index (κ1) is 15.3. The maximum atomic E-state index is 5.86. The molecule has 0 aliphatic carbocycles. The van der Waals surface area contributed by atoms with Crippen molar-refractivity contribution < 1.29 is 4.74 Å². The molecule has 2 unspecified atom stereocenters. The van der Waals surface area contributed by atoms with E-state index < -0.39 is 0 Å². The Bertz CT molecular complexity index is 201. The van der Waals surface area contributed by atoms with Crippen molar-refractivity contribution in [1.82, 2.24) is 5.32 Å². The number of hydrogen-bond donors (Lipinski definition) is 1. The average molecular weight is 259 g/mol. The van der Waals surface area contributed by atoms with Gasteiger partial charge in [0.1, 0.15) is 0 Å². The molecule has 1 aliphatic rings. The fourth-order valence-corrected chi connectivity index (χ4v) is 2.90. The third-order valence-electron chi connectivity index (χ3n) is 3.80. The molecule has 0 aromatic heterocycles. The lowest BCUT2D eigenvalue weighted by Gasteiger charge is -2.38. The molecule has 0 saturated carbocycles. The first-order chi connectivity index (χ1) is 8.20. The van der Waals surface area contributed by atoms with Crippen LogP contribution >= 0.6 is 11.8 Å². The monoisotopic (exact) mass is 259 g/mol. The predicted octanol–water partition coefficient (Wildman–Crippen LogP) is 3.46. The fraction of sp³-hybridized carbons (Fsp3) is 1.00. The Labute approximate surface area is 111 Å². The summed E-state index contributed by atoms with van der Waals surface area (Å²) < 4.78 is 5.86. The summed E-state index contributed by atoms with van der Waals surface area (Å²) in [7, 11) is 0. The van der Waals surface area contributed by atoms with Crippen LogP contribution in [0.25, 0.3) is 0 Å². The minimum Gasteiger partial charge on any atom is -0.375 e. The van der Waals surface area contributed by atoms with Crippen molar-refractivity contribution in [3.05, 3.63) is 0 Å². The SMILES string of the molecule is CCC1(C)CC(NCCCCCSC)CCO1. The lowest BCUT2D eigenvalue weighted by molar-refractivity contribution is -0.0778. The van der Waals surface area contributed by atoms with E-state index in [0.29, 0.717) is 6.04 Å². The molecule has 0 spiro atoms. The van der Waals surface area contributed by atoms with Gasteiger partial charge >= 0.3 is 0 Å². The zero-order valence-corrected chi connectivity index (χ0v) is 12.6. The molecule has 1 fully saturated rings. The molecule has 17 heavy (non-hydrogen) atoms. The van der Waals surface area contributed by atoms with Crippen LogP contribution in [-0.2, 0) is 4.74 Å². The Morgan fingerprint density at radius 1 is 1.35 bits per heavy atom. The first-order valence-electron chi connectivity index (χ1n) is 7.06. The number of nitrogens with one attached hydrogen (secondary N) is 1. The van der Waals surface area contributed by atoms with Crippen molar-refractivity contribution >= 4 is 11.8 Å². The van der Waals surface area contributed by atoms with Crippen molar-refractivity contribution in [2.75, 3.05) is 25.2 Å². The van der Waals surface area contributed by atoms with Crippen LogP contribution in [0.15, 0.2) is 0 Å². The van der Waals surface area contributed by atoms with Gasteiger partial charge in [0.2, 0.25) is 0 Å². The number of rotatable bonds is 8. The summed E-state index contributed by atoms with van der Waals surface area (Å²) in [5.41, 5.74) is 0.120. The third kappa shape index (κ3) is 6.12. The minimum atomic E-state index is 0.120. The Balaban J connectivity index is 2.06. The van der Waals surface area contributed by atoms with Gasteiger partial charge < -0.3 is 10.1 Å². The lowest BCUT2D eigenvalue weighted by atomic mass is 9.90. The zero-order chi connectivity index (χ0) is 12.6. The summed E-state index contributed by atoms with van der Waals surface area (Å²) in [4.78, 5) is 0. The highest BCUT2D eigenvalue weighted by Gasteiger charge is 2.30. The van der Waals surface area contributed by atoms with E-state index in [9.17, 15) is 0 Å². The van der Waals surface area contributed by atoms with Gasteiger partial charge in [-0.3, -0.25) is 0 Å². The van der Waals surface area contributed by atoms with Gasteiger partial charge in [-0.1, -0.05) is 13.3 Å². The summed E-state index contributed by atoms with van der Waals surface area (Å²) in [5.74, 6) is 1.31. The number of ether oxygens (including phenoxy) is 1. The Hall–Kier alpha value is 0.270. The highest BCUT2D eigenvalue weighted by atomic mass is 32.2. The number of unbranched alkanes of at least 4 members (excludes halogenated alkanes) is 2. The topological polar surface area (TPSA) is 21.3 Å². The quantitative estimate of drug-likeness (QED) is 0.675. The third-order valence-corrected chi connectivity index (χ3v) is 4.50. The molecule has 3 heteroatoms. The molecule has 0 amide bonds. The Morgan fingerprint density at radius 2 is 2.18 bits per heavy atom. The molecule has 102 valence electrons. The molecule has 0 aromatic carbocycles. The predicted molar refractivity (Wildman–Crippen MR) is 77.9 cm³/mol. The van der Waals surface area contributed by atoms with Gasteiger partial charge in [-0.15, -0.1) is 0 Å². The molecule has 0 radical (unpaired) electrons. The van der Waals surface area contributed by atoms with Gasteiger partial charge in [-0.25, -0.2) is 0 Å². The van der Waals surface area contributed by atoms with E-state index in [2.05, 4.69) is 25.4 Å². The normalized spacial score (nSPS) is 29.5. The zero-order valence-electron chi connectivity index (χ0n) is 11.8. The number of hydrogen-bond acceptors (Lipinski definition) is 3. The van der Waals surface area contributed by atoms with Gasteiger partial charge in [0.05, 0.1) is 5.60 Å². The Morgan fingerprint density at radius 3 is 2.88 bits per heavy atom. The molecule has 1 saturated heterocycles. The average Bonchev–Trinajstić information content (AvgIpc) is 2.34. The van der Waals surface area contributed by atoms with Crippen LogP contribution in [-0.4, -0.2) is 36.8 Å². The molecule has 0 aromatic rings. The van der Waals surface area contributed by atoms with Crippen LogP contribution < -0.4 is 5.32 Å². The van der Waals surface area contributed by atoms with E-state index in [-0.39, 0.29) is 5.60 Å². The van der Waals surface area contributed by atoms with Crippen molar-refractivity contribution in [1.29, 1.82) is 0 Å². The highest BCUT2D eigenvalue weighted by molar-refractivity contribution is 7.98. The van der Waals surface area contributed by atoms with Gasteiger partial charge in [0.15, 0.2) is 0 Å². The second kappa shape index (κ2) is 8.39. The lowest BCUT2D eigenvalue weighted by Crippen LogP contribution is -2.45. The molecule has 0 bridgehead atoms. The van der Waals surface area contributed by atoms with E-state index in [1.165, 1.54) is 44.4 Å². The maximum Gasteiger partial charge on any atom is 0.0666 e. The van der Waals surface area contributed by atoms with Crippen molar-refractivity contribution in [3.8, 4) is 0 Å².